The van der Waals surface area contributed by atoms with Crippen molar-refractivity contribution in [3.05, 3.63) is 6.33 Å². The topological polar surface area (TPSA) is 76.9 Å². The van der Waals surface area contributed by atoms with Gasteiger partial charge in [-0.2, -0.15) is 14.8 Å². The van der Waals surface area contributed by atoms with Gasteiger partial charge in [-0.25, -0.2) is 0 Å². The Balaban J connectivity index is 2.45. The fourth-order valence-electron chi connectivity index (χ4n) is 1.31. The molecule has 1 unspecified atom stereocenters. The van der Waals surface area contributed by atoms with Crippen molar-refractivity contribution >= 4 is 17.8 Å². The highest BCUT2D eigenvalue weighted by atomic mass is 16.2. The van der Waals surface area contributed by atoms with Gasteiger partial charge in [0.2, 0.25) is 11.9 Å². The minimum atomic E-state index is -0.630. The number of fused-ring (bicyclic) bond motifs is 1. The second-order valence-electron chi connectivity index (χ2n) is 2.78. The summed E-state index contributed by atoms with van der Waals surface area (Å²) in [5.41, 5.74) is 0. The highest BCUT2D eigenvalue weighted by Crippen LogP contribution is 2.17. The first kappa shape index (κ1) is 7.90. The molecule has 2 rings (SSSR count). The van der Waals surface area contributed by atoms with Gasteiger partial charge in [-0.3, -0.25) is 14.9 Å². The van der Waals surface area contributed by atoms with Crippen LogP contribution in [-0.4, -0.2) is 26.6 Å². The molecule has 1 aromatic heterocycles. The average Bonchev–Trinajstić information content (AvgIpc) is 2.53. The SMILES string of the molecule is CCC1C(=O)Nc2ncnn2C1=O. The highest BCUT2D eigenvalue weighted by Gasteiger charge is 2.33. The normalized spacial score (nSPS) is 21.2. The summed E-state index contributed by atoms with van der Waals surface area (Å²) in [5.74, 6) is -1.03. The molecule has 0 bridgehead atoms. The minimum Gasteiger partial charge on any atom is -0.294 e. The van der Waals surface area contributed by atoms with Crippen LogP contribution in [0.4, 0.5) is 5.95 Å². The fourth-order valence-corrected chi connectivity index (χ4v) is 1.31. The number of carbonyl (C=O) groups is 2. The van der Waals surface area contributed by atoms with Gasteiger partial charge in [0.15, 0.2) is 0 Å². The van der Waals surface area contributed by atoms with Crippen molar-refractivity contribution in [1.82, 2.24) is 14.8 Å². The number of hydrogen-bond acceptors (Lipinski definition) is 4. The summed E-state index contributed by atoms with van der Waals surface area (Å²) in [6, 6.07) is 0. The predicted octanol–water partition coefficient (Wildman–Crippen LogP) is -0.103. The van der Waals surface area contributed by atoms with E-state index in [1.54, 1.807) is 6.92 Å². The van der Waals surface area contributed by atoms with Crippen molar-refractivity contribution in [2.45, 2.75) is 13.3 Å². The summed E-state index contributed by atoms with van der Waals surface area (Å²) < 4.78 is 1.12. The summed E-state index contributed by atoms with van der Waals surface area (Å²) in [5, 5.41) is 6.21. The maximum Gasteiger partial charge on any atom is 0.262 e. The van der Waals surface area contributed by atoms with Crippen molar-refractivity contribution in [2.24, 2.45) is 5.92 Å². The monoisotopic (exact) mass is 180 g/mol. The maximum atomic E-state index is 11.5. The van der Waals surface area contributed by atoms with E-state index in [2.05, 4.69) is 15.4 Å². The Labute approximate surface area is 74.0 Å². The van der Waals surface area contributed by atoms with E-state index in [1.807, 2.05) is 0 Å². The second-order valence-corrected chi connectivity index (χ2v) is 2.78. The first-order chi connectivity index (χ1) is 6.24. The molecule has 0 saturated heterocycles. The Bertz CT molecular complexity index is 370. The van der Waals surface area contributed by atoms with E-state index in [0.717, 1.165) is 4.68 Å². The summed E-state index contributed by atoms with van der Waals surface area (Å²) in [4.78, 5) is 26.5. The van der Waals surface area contributed by atoms with Crippen LogP contribution in [0, 0.1) is 5.92 Å². The molecule has 6 heteroatoms. The summed E-state index contributed by atoms with van der Waals surface area (Å²) in [6.45, 7) is 1.78. The number of nitrogens with one attached hydrogen (secondary N) is 1. The van der Waals surface area contributed by atoms with Crippen LogP contribution in [-0.2, 0) is 4.79 Å². The quantitative estimate of drug-likeness (QED) is 0.612. The standard InChI is InChI=1S/C7H8N4O2/c1-2-4-5(12)10-7-8-3-9-11(7)6(4)13/h3-4H,2H2,1H3,(H,8,9,10,12). The van der Waals surface area contributed by atoms with Crippen LogP contribution in [0.15, 0.2) is 6.33 Å². The number of amides is 1. The Morgan fingerprint density at radius 3 is 3.08 bits per heavy atom. The molecule has 13 heavy (non-hydrogen) atoms. The van der Waals surface area contributed by atoms with E-state index >= 15 is 0 Å². The van der Waals surface area contributed by atoms with Gasteiger partial charge in [0.05, 0.1) is 0 Å². The Kier molecular flexibility index (Phi) is 1.61. The lowest BCUT2D eigenvalue weighted by molar-refractivity contribution is -0.119. The Morgan fingerprint density at radius 1 is 1.62 bits per heavy atom. The highest BCUT2D eigenvalue weighted by molar-refractivity contribution is 6.10. The molecule has 0 saturated carbocycles. The third kappa shape index (κ3) is 1.02. The van der Waals surface area contributed by atoms with Crippen molar-refractivity contribution < 1.29 is 9.59 Å². The van der Waals surface area contributed by atoms with E-state index in [4.69, 9.17) is 0 Å². The maximum absolute atomic E-state index is 11.5. The number of hydrogen-bond donors (Lipinski definition) is 1. The van der Waals surface area contributed by atoms with Crippen LogP contribution in [0.25, 0.3) is 0 Å². The third-order valence-electron chi connectivity index (χ3n) is 2.01. The molecule has 1 amide bonds. The van der Waals surface area contributed by atoms with E-state index in [1.165, 1.54) is 6.33 Å². The van der Waals surface area contributed by atoms with Gasteiger partial charge >= 0.3 is 0 Å². The number of nitrogens with zero attached hydrogens (tertiary/aromatic N) is 3. The van der Waals surface area contributed by atoms with Gasteiger partial charge in [-0.05, 0) is 6.42 Å². The van der Waals surface area contributed by atoms with Crippen LogP contribution in [0.5, 0.6) is 0 Å². The van der Waals surface area contributed by atoms with Crippen molar-refractivity contribution in [3.8, 4) is 0 Å². The molecule has 1 aromatic rings. The molecule has 68 valence electrons. The zero-order valence-electron chi connectivity index (χ0n) is 7.02. The van der Waals surface area contributed by atoms with Gasteiger partial charge in [0.1, 0.15) is 12.2 Å². The molecular weight excluding hydrogens is 172 g/mol. The summed E-state index contributed by atoms with van der Waals surface area (Å²) in [7, 11) is 0. The van der Waals surface area contributed by atoms with Gasteiger partial charge in [0.25, 0.3) is 5.91 Å². The zero-order valence-corrected chi connectivity index (χ0v) is 7.02. The molecule has 1 N–H and O–H groups in total. The largest absolute Gasteiger partial charge is 0.294 e. The van der Waals surface area contributed by atoms with E-state index in [9.17, 15) is 9.59 Å². The Morgan fingerprint density at radius 2 is 2.38 bits per heavy atom. The van der Waals surface area contributed by atoms with Gasteiger partial charge in [-0.15, -0.1) is 0 Å². The molecular formula is C7H8N4O2. The van der Waals surface area contributed by atoms with Crippen molar-refractivity contribution in [1.29, 1.82) is 0 Å². The van der Waals surface area contributed by atoms with Gasteiger partial charge < -0.3 is 0 Å². The third-order valence-corrected chi connectivity index (χ3v) is 2.01. The molecule has 1 aliphatic rings. The number of rotatable bonds is 1. The van der Waals surface area contributed by atoms with Crippen molar-refractivity contribution in [3.63, 3.8) is 0 Å². The molecule has 0 spiro atoms. The Hall–Kier alpha value is -1.72. The second kappa shape index (κ2) is 2.65. The number of carbonyl (C=O) groups excluding carboxylic acids is 2. The lowest BCUT2D eigenvalue weighted by Gasteiger charge is -2.18. The lowest BCUT2D eigenvalue weighted by Crippen LogP contribution is -2.39. The number of aromatic nitrogens is 3. The molecule has 0 fully saturated rings. The van der Waals surface area contributed by atoms with Crippen LogP contribution in [0.1, 0.15) is 18.1 Å². The van der Waals surface area contributed by atoms with Gasteiger partial charge in [0, 0.05) is 0 Å². The van der Waals surface area contributed by atoms with Crippen LogP contribution >= 0.6 is 0 Å². The van der Waals surface area contributed by atoms with E-state index in [0.29, 0.717) is 6.42 Å². The number of anilines is 1. The molecule has 0 aliphatic carbocycles. The summed E-state index contributed by atoms with van der Waals surface area (Å²) in [6.07, 6.45) is 1.72. The van der Waals surface area contributed by atoms with E-state index in [-0.39, 0.29) is 17.8 Å². The first-order valence-electron chi connectivity index (χ1n) is 3.99. The predicted molar refractivity (Wildman–Crippen MR) is 43.1 cm³/mol. The van der Waals surface area contributed by atoms with Crippen LogP contribution < -0.4 is 5.32 Å². The average molecular weight is 180 g/mol. The van der Waals surface area contributed by atoms with Crippen molar-refractivity contribution in [2.75, 3.05) is 5.32 Å². The van der Waals surface area contributed by atoms with Crippen LogP contribution in [0.3, 0.4) is 0 Å². The smallest absolute Gasteiger partial charge is 0.262 e. The molecule has 2 heterocycles. The molecule has 0 aromatic carbocycles. The lowest BCUT2D eigenvalue weighted by atomic mass is 10.0. The minimum absolute atomic E-state index is 0.208. The van der Waals surface area contributed by atoms with E-state index < -0.39 is 5.92 Å². The first-order valence-corrected chi connectivity index (χ1v) is 3.99. The molecule has 1 aliphatic heterocycles. The molecule has 6 nitrogen and oxygen atoms in total. The molecule has 1 atom stereocenters. The van der Waals surface area contributed by atoms with Crippen LogP contribution in [0.2, 0.25) is 0 Å². The zero-order chi connectivity index (χ0) is 9.42. The van der Waals surface area contributed by atoms with Gasteiger partial charge in [-0.1, -0.05) is 6.92 Å². The fraction of sp³-hybridized carbons (Fsp3) is 0.429. The molecule has 0 radical (unpaired) electrons. The summed E-state index contributed by atoms with van der Waals surface area (Å²) >= 11 is 0.